The molecule has 1 aromatic rings. The third-order valence-corrected chi connectivity index (χ3v) is 2.45. The predicted molar refractivity (Wildman–Crippen MR) is 56.2 cm³/mol. The Kier molecular flexibility index (Phi) is 2.87. The molecule has 1 atom stereocenters. The molecule has 0 saturated carbocycles. The number of carboxylic acid groups (broad SMARTS) is 1. The second kappa shape index (κ2) is 4.31. The van der Waals surface area contributed by atoms with E-state index in [1.54, 1.807) is 18.2 Å². The molecule has 15 heavy (non-hydrogen) atoms. The molecule has 0 aliphatic carbocycles. The molecule has 0 bridgehead atoms. The minimum Gasteiger partial charge on any atom is -0.478 e. The van der Waals surface area contributed by atoms with E-state index in [0.29, 0.717) is 17.9 Å². The van der Waals surface area contributed by atoms with Gasteiger partial charge in [-0.3, -0.25) is 0 Å². The molecule has 0 radical (unpaired) electrons. The quantitative estimate of drug-likeness (QED) is 0.790. The van der Waals surface area contributed by atoms with Crippen LogP contribution in [0.15, 0.2) is 24.3 Å². The number of hydrogen-bond donors (Lipinski definition) is 2. The van der Waals surface area contributed by atoms with Crippen molar-refractivity contribution < 1.29 is 14.6 Å². The van der Waals surface area contributed by atoms with Gasteiger partial charge in [0.2, 0.25) is 0 Å². The van der Waals surface area contributed by atoms with Crippen molar-refractivity contribution in [2.75, 3.05) is 18.5 Å². The van der Waals surface area contributed by atoms with Crippen molar-refractivity contribution in [1.82, 2.24) is 0 Å². The van der Waals surface area contributed by atoms with Gasteiger partial charge >= 0.3 is 5.97 Å². The average molecular weight is 207 g/mol. The van der Waals surface area contributed by atoms with Gasteiger partial charge in [-0.25, -0.2) is 4.79 Å². The fraction of sp³-hybridized carbons (Fsp3) is 0.364. The van der Waals surface area contributed by atoms with Crippen LogP contribution in [-0.4, -0.2) is 30.3 Å². The van der Waals surface area contributed by atoms with E-state index in [9.17, 15) is 4.79 Å². The molecule has 1 aliphatic heterocycles. The standard InChI is InChI=1S/C11H13NO3/c13-11(14)9-3-1-2-4-10(9)12-8-5-6-15-7-8/h1-4,8,12H,5-7H2,(H,13,14). The van der Waals surface area contributed by atoms with Gasteiger partial charge in [0.15, 0.2) is 0 Å². The van der Waals surface area contributed by atoms with Gasteiger partial charge in [-0.05, 0) is 18.6 Å². The summed E-state index contributed by atoms with van der Waals surface area (Å²) in [4.78, 5) is 10.9. The lowest BCUT2D eigenvalue weighted by atomic mass is 10.1. The van der Waals surface area contributed by atoms with Gasteiger partial charge in [-0.15, -0.1) is 0 Å². The second-order valence-corrected chi connectivity index (χ2v) is 3.56. The molecule has 1 fully saturated rings. The SMILES string of the molecule is O=C(O)c1ccccc1NC1CCOC1. The fourth-order valence-electron chi connectivity index (χ4n) is 1.66. The van der Waals surface area contributed by atoms with Crippen LogP contribution < -0.4 is 5.32 Å². The maximum Gasteiger partial charge on any atom is 0.337 e. The van der Waals surface area contributed by atoms with Gasteiger partial charge < -0.3 is 15.2 Å². The normalized spacial score (nSPS) is 20.1. The molecule has 2 N–H and O–H groups in total. The molecule has 1 aromatic carbocycles. The topological polar surface area (TPSA) is 58.6 Å². The molecule has 0 spiro atoms. The second-order valence-electron chi connectivity index (χ2n) is 3.56. The molecule has 2 rings (SSSR count). The zero-order valence-electron chi connectivity index (χ0n) is 8.27. The molecule has 0 aromatic heterocycles. The summed E-state index contributed by atoms with van der Waals surface area (Å²) in [5.41, 5.74) is 0.977. The van der Waals surface area contributed by atoms with Crippen LogP contribution in [0.25, 0.3) is 0 Å². The van der Waals surface area contributed by atoms with Crippen molar-refractivity contribution in [2.45, 2.75) is 12.5 Å². The number of rotatable bonds is 3. The lowest BCUT2D eigenvalue weighted by molar-refractivity contribution is 0.0698. The van der Waals surface area contributed by atoms with Gasteiger partial charge in [-0.2, -0.15) is 0 Å². The Labute approximate surface area is 87.9 Å². The van der Waals surface area contributed by atoms with Crippen LogP contribution in [0.1, 0.15) is 16.8 Å². The summed E-state index contributed by atoms with van der Waals surface area (Å²) in [6.07, 6.45) is 0.925. The first kappa shape index (κ1) is 9.98. The van der Waals surface area contributed by atoms with E-state index in [0.717, 1.165) is 13.0 Å². The third kappa shape index (κ3) is 2.27. The van der Waals surface area contributed by atoms with E-state index in [1.165, 1.54) is 0 Å². The molecule has 80 valence electrons. The van der Waals surface area contributed by atoms with Gasteiger partial charge in [0, 0.05) is 12.3 Å². The summed E-state index contributed by atoms with van der Waals surface area (Å²) in [6, 6.07) is 7.15. The number of para-hydroxylation sites is 1. The Morgan fingerprint density at radius 2 is 2.27 bits per heavy atom. The first-order chi connectivity index (χ1) is 7.27. The number of ether oxygens (including phenoxy) is 1. The van der Waals surface area contributed by atoms with Crippen molar-refractivity contribution in [1.29, 1.82) is 0 Å². The van der Waals surface area contributed by atoms with E-state index < -0.39 is 5.97 Å². The highest BCUT2D eigenvalue weighted by Crippen LogP contribution is 2.18. The highest BCUT2D eigenvalue weighted by Gasteiger charge is 2.17. The number of carboxylic acids is 1. The van der Waals surface area contributed by atoms with Crippen LogP contribution in [-0.2, 0) is 4.74 Å². The lowest BCUT2D eigenvalue weighted by Gasteiger charge is -2.13. The Hall–Kier alpha value is -1.55. The predicted octanol–water partition coefficient (Wildman–Crippen LogP) is 1.59. The molecule has 1 saturated heterocycles. The van der Waals surface area contributed by atoms with Crippen LogP contribution in [0.3, 0.4) is 0 Å². The van der Waals surface area contributed by atoms with Gasteiger partial charge in [0.05, 0.1) is 18.2 Å². The summed E-state index contributed by atoms with van der Waals surface area (Å²) in [5.74, 6) is -0.906. The highest BCUT2D eigenvalue weighted by molar-refractivity contribution is 5.94. The van der Waals surface area contributed by atoms with E-state index in [2.05, 4.69) is 5.32 Å². The van der Waals surface area contributed by atoms with Crippen LogP contribution in [0.5, 0.6) is 0 Å². The molecule has 1 heterocycles. The highest BCUT2D eigenvalue weighted by atomic mass is 16.5. The first-order valence-corrected chi connectivity index (χ1v) is 4.94. The van der Waals surface area contributed by atoms with E-state index in [1.807, 2.05) is 6.07 Å². The number of benzene rings is 1. The summed E-state index contributed by atoms with van der Waals surface area (Å²) in [5, 5.41) is 12.2. The summed E-state index contributed by atoms with van der Waals surface area (Å²) >= 11 is 0. The van der Waals surface area contributed by atoms with Gasteiger partial charge in [0.1, 0.15) is 0 Å². The largest absolute Gasteiger partial charge is 0.478 e. The van der Waals surface area contributed by atoms with E-state index in [4.69, 9.17) is 9.84 Å². The Morgan fingerprint density at radius 1 is 1.47 bits per heavy atom. The smallest absolute Gasteiger partial charge is 0.337 e. The zero-order valence-corrected chi connectivity index (χ0v) is 8.27. The molecule has 0 amide bonds. The van der Waals surface area contributed by atoms with Crippen molar-refractivity contribution in [3.8, 4) is 0 Å². The number of nitrogens with one attached hydrogen (secondary N) is 1. The summed E-state index contributed by atoms with van der Waals surface area (Å²) < 4.78 is 5.22. The van der Waals surface area contributed by atoms with Crippen LogP contribution in [0, 0.1) is 0 Å². The summed E-state index contributed by atoms with van der Waals surface area (Å²) in [7, 11) is 0. The van der Waals surface area contributed by atoms with Crippen molar-refractivity contribution in [3.05, 3.63) is 29.8 Å². The van der Waals surface area contributed by atoms with Crippen LogP contribution in [0.4, 0.5) is 5.69 Å². The number of hydrogen-bond acceptors (Lipinski definition) is 3. The molecule has 4 heteroatoms. The monoisotopic (exact) mass is 207 g/mol. The maximum atomic E-state index is 10.9. The Balaban J connectivity index is 2.15. The maximum absolute atomic E-state index is 10.9. The van der Waals surface area contributed by atoms with Crippen LogP contribution >= 0.6 is 0 Å². The minimum atomic E-state index is -0.906. The van der Waals surface area contributed by atoms with Crippen molar-refractivity contribution in [3.63, 3.8) is 0 Å². The molecule has 4 nitrogen and oxygen atoms in total. The van der Waals surface area contributed by atoms with E-state index in [-0.39, 0.29) is 6.04 Å². The van der Waals surface area contributed by atoms with Gasteiger partial charge in [0.25, 0.3) is 0 Å². The fourth-order valence-corrected chi connectivity index (χ4v) is 1.66. The lowest BCUT2D eigenvalue weighted by Crippen LogP contribution is -2.20. The number of aromatic carboxylic acids is 1. The number of anilines is 1. The zero-order chi connectivity index (χ0) is 10.7. The first-order valence-electron chi connectivity index (χ1n) is 4.94. The van der Waals surface area contributed by atoms with Gasteiger partial charge in [-0.1, -0.05) is 12.1 Å². The summed E-state index contributed by atoms with van der Waals surface area (Å²) in [6.45, 7) is 1.39. The van der Waals surface area contributed by atoms with E-state index >= 15 is 0 Å². The van der Waals surface area contributed by atoms with Crippen LogP contribution in [0.2, 0.25) is 0 Å². The Bertz CT molecular complexity index is 359. The number of carbonyl (C=O) groups is 1. The van der Waals surface area contributed by atoms with Crippen molar-refractivity contribution in [2.24, 2.45) is 0 Å². The minimum absolute atomic E-state index is 0.227. The molecular weight excluding hydrogens is 194 g/mol. The van der Waals surface area contributed by atoms with Crippen molar-refractivity contribution >= 4 is 11.7 Å². The third-order valence-electron chi connectivity index (χ3n) is 2.45. The average Bonchev–Trinajstić information content (AvgIpc) is 2.71. The molecule has 1 aliphatic rings. The molecule has 1 unspecified atom stereocenters. The molecular formula is C11H13NO3. The Morgan fingerprint density at radius 3 is 2.93 bits per heavy atom.